The van der Waals surface area contributed by atoms with Crippen LogP contribution in [0.5, 0.6) is 0 Å². The molecule has 2 aromatic rings. The van der Waals surface area contributed by atoms with Gasteiger partial charge in [0.25, 0.3) is 0 Å². The molecular formula is C16H16FNO5S2. The van der Waals surface area contributed by atoms with E-state index < -0.39 is 16.0 Å². The fourth-order valence-corrected chi connectivity index (χ4v) is 5.06. The second-order valence-corrected chi connectivity index (χ2v) is 8.16. The van der Waals surface area contributed by atoms with E-state index in [-0.39, 0.29) is 35.3 Å². The Kier molecular flexibility index (Phi) is 5.48. The smallest absolute Gasteiger partial charge is 0.350 e. The molecule has 134 valence electrons. The van der Waals surface area contributed by atoms with Crippen LogP contribution in [-0.2, 0) is 26.1 Å². The zero-order chi connectivity index (χ0) is 17.9. The summed E-state index contributed by atoms with van der Waals surface area (Å²) in [5.74, 6) is -1.10. The third kappa shape index (κ3) is 4.06. The highest BCUT2D eigenvalue weighted by molar-refractivity contribution is 7.89. The van der Waals surface area contributed by atoms with E-state index in [1.54, 1.807) is 5.38 Å². The van der Waals surface area contributed by atoms with Gasteiger partial charge in [0.2, 0.25) is 10.0 Å². The van der Waals surface area contributed by atoms with Gasteiger partial charge < -0.3 is 9.47 Å². The number of esters is 1. The number of morpholine rings is 1. The highest BCUT2D eigenvalue weighted by atomic mass is 32.2. The number of benzene rings is 1. The predicted molar refractivity (Wildman–Crippen MR) is 89.4 cm³/mol. The number of thiophene rings is 1. The number of carbonyl (C=O) groups excluding carboxylic acids is 1. The Hall–Kier alpha value is -1.81. The van der Waals surface area contributed by atoms with Gasteiger partial charge in [0.15, 0.2) is 0 Å². The van der Waals surface area contributed by atoms with Crippen molar-refractivity contribution in [1.29, 1.82) is 0 Å². The molecule has 25 heavy (non-hydrogen) atoms. The van der Waals surface area contributed by atoms with Gasteiger partial charge in [-0.25, -0.2) is 17.6 Å². The monoisotopic (exact) mass is 385 g/mol. The minimum Gasteiger partial charge on any atom is -0.457 e. The van der Waals surface area contributed by atoms with Gasteiger partial charge in [0, 0.05) is 13.1 Å². The fraction of sp³-hybridized carbons (Fsp3) is 0.312. The largest absolute Gasteiger partial charge is 0.457 e. The Morgan fingerprint density at radius 1 is 1.20 bits per heavy atom. The van der Waals surface area contributed by atoms with Gasteiger partial charge in [-0.1, -0.05) is 12.1 Å². The van der Waals surface area contributed by atoms with Crippen LogP contribution in [-0.4, -0.2) is 45.0 Å². The van der Waals surface area contributed by atoms with Crippen LogP contribution in [0.3, 0.4) is 0 Å². The molecule has 9 heteroatoms. The lowest BCUT2D eigenvalue weighted by molar-refractivity contribution is 0.0473. The maximum absolute atomic E-state index is 12.9. The van der Waals surface area contributed by atoms with Crippen molar-refractivity contribution in [2.24, 2.45) is 0 Å². The molecule has 0 atom stereocenters. The zero-order valence-electron chi connectivity index (χ0n) is 13.2. The number of ether oxygens (including phenoxy) is 2. The van der Waals surface area contributed by atoms with E-state index in [9.17, 15) is 17.6 Å². The van der Waals surface area contributed by atoms with Crippen molar-refractivity contribution >= 4 is 27.3 Å². The van der Waals surface area contributed by atoms with Gasteiger partial charge in [-0.2, -0.15) is 4.31 Å². The van der Waals surface area contributed by atoms with Crippen LogP contribution in [0.1, 0.15) is 15.2 Å². The average Bonchev–Trinajstić information content (AvgIpc) is 3.12. The molecule has 0 aliphatic carbocycles. The number of hydrogen-bond donors (Lipinski definition) is 0. The summed E-state index contributed by atoms with van der Waals surface area (Å²) >= 11 is 1.01. The summed E-state index contributed by atoms with van der Waals surface area (Å²) in [5, 5.41) is 1.54. The Morgan fingerprint density at radius 3 is 2.56 bits per heavy atom. The van der Waals surface area contributed by atoms with Crippen LogP contribution in [0.25, 0.3) is 0 Å². The quantitative estimate of drug-likeness (QED) is 0.739. The Balaban J connectivity index is 1.74. The second kappa shape index (κ2) is 7.61. The van der Waals surface area contributed by atoms with Crippen LogP contribution < -0.4 is 0 Å². The van der Waals surface area contributed by atoms with Crippen molar-refractivity contribution in [3.8, 4) is 0 Å². The van der Waals surface area contributed by atoms with Crippen molar-refractivity contribution in [3.05, 3.63) is 52.0 Å². The van der Waals surface area contributed by atoms with Crippen LogP contribution in [0.2, 0.25) is 0 Å². The molecule has 0 saturated carbocycles. The molecule has 0 bridgehead atoms. The summed E-state index contributed by atoms with van der Waals surface area (Å²) in [5.41, 5.74) is 0.615. The van der Waals surface area contributed by atoms with Crippen LogP contribution in [0.4, 0.5) is 4.39 Å². The second-order valence-electron chi connectivity index (χ2n) is 5.33. The Bertz CT molecular complexity index is 842. The molecule has 0 N–H and O–H groups in total. The van der Waals surface area contributed by atoms with E-state index in [1.807, 2.05) is 0 Å². The van der Waals surface area contributed by atoms with Gasteiger partial charge >= 0.3 is 5.97 Å². The van der Waals surface area contributed by atoms with E-state index in [4.69, 9.17) is 9.47 Å². The number of nitrogens with zero attached hydrogens (tertiary/aromatic N) is 1. The fourth-order valence-electron chi connectivity index (χ4n) is 2.37. The van der Waals surface area contributed by atoms with E-state index in [0.29, 0.717) is 18.8 Å². The molecule has 3 rings (SSSR count). The number of hydrogen-bond acceptors (Lipinski definition) is 6. The summed E-state index contributed by atoms with van der Waals surface area (Å²) in [4.78, 5) is 12.3. The van der Waals surface area contributed by atoms with E-state index in [0.717, 1.165) is 11.3 Å². The molecule has 1 fully saturated rings. The molecular weight excluding hydrogens is 369 g/mol. The van der Waals surface area contributed by atoms with Crippen molar-refractivity contribution in [2.45, 2.75) is 11.5 Å². The molecule has 1 aliphatic heterocycles. The van der Waals surface area contributed by atoms with Gasteiger partial charge in [0.05, 0.1) is 13.2 Å². The third-order valence-electron chi connectivity index (χ3n) is 3.69. The lowest BCUT2D eigenvalue weighted by Crippen LogP contribution is -2.40. The summed E-state index contributed by atoms with van der Waals surface area (Å²) in [6.07, 6.45) is 0. The highest BCUT2D eigenvalue weighted by Gasteiger charge is 2.31. The maximum Gasteiger partial charge on any atom is 0.350 e. The van der Waals surface area contributed by atoms with Crippen molar-refractivity contribution in [2.75, 3.05) is 26.3 Å². The lowest BCUT2D eigenvalue weighted by atomic mass is 10.2. The zero-order valence-corrected chi connectivity index (χ0v) is 14.8. The van der Waals surface area contributed by atoms with Gasteiger partial charge in [-0.3, -0.25) is 0 Å². The Morgan fingerprint density at radius 2 is 1.88 bits per heavy atom. The van der Waals surface area contributed by atoms with Crippen LogP contribution >= 0.6 is 11.3 Å². The summed E-state index contributed by atoms with van der Waals surface area (Å²) in [6, 6.07) is 6.94. The normalized spacial score (nSPS) is 15.9. The highest BCUT2D eigenvalue weighted by Crippen LogP contribution is 2.27. The summed E-state index contributed by atoms with van der Waals surface area (Å²) in [7, 11) is -3.77. The number of carbonyl (C=O) groups is 1. The van der Waals surface area contributed by atoms with E-state index >= 15 is 0 Å². The molecule has 0 unspecified atom stereocenters. The first-order chi connectivity index (χ1) is 12.0. The molecule has 1 aromatic carbocycles. The van der Waals surface area contributed by atoms with Gasteiger partial charge in [-0.05, 0) is 29.1 Å². The third-order valence-corrected chi connectivity index (χ3v) is 6.65. The van der Waals surface area contributed by atoms with Gasteiger partial charge in [0.1, 0.15) is 22.2 Å². The van der Waals surface area contributed by atoms with E-state index in [2.05, 4.69) is 0 Å². The molecule has 2 heterocycles. The SMILES string of the molecule is O=C(OCc1ccc(F)cc1)c1sccc1S(=O)(=O)N1CCOCC1. The van der Waals surface area contributed by atoms with Crippen molar-refractivity contribution < 1.29 is 27.1 Å². The first-order valence-corrected chi connectivity index (χ1v) is 9.87. The van der Waals surface area contributed by atoms with Crippen LogP contribution in [0, 0.1) is 5.82 Å². The van der Waals surface area contributed by atoms with E-state index in [1.165, 1.54) is 34.6 Å². The molecule has 6 nitrogen and oxygen atoms in total. The topological polar surface area (TPSA) is 72.9 Å². The first-order valence-electron chi connectivity index (χ1n) is 7.55. The molecule has 1 aromatic heterocycles. The Labute approximate surface area is 148 Å². The minimum atomic E-state index is -3.77. The molecule has 1 saturated heterocycles. The number of halogens is 1. The predicted octanol–water partition coefficient (Wildman–Crippen LogP) is 2.27. The molecule has 0 spiro atoms. The van der Waals surface area contributed by atoms with Crippen molar-refractivity contribution in [1.82, 2.24) is 4.31 Å². The minimum absolute atomic E-state index is 0.0357. The molecule has 0 amide bonds. The first kappa shape index (κ1) is 18.0. The van der Waals surface area contributed by atoms with Gasteiger partial charge in [-0.15, -0.1) is 11.3 Å². The molecule has 0 radical (unpaired) electrons. The number of rotatable bonds is 5. The molecule has 1 aliphatic rings. The summed E-state index contributed by atoms with van der Waals surface area (Å²) < 4.78 is 50.0. The standard InChI is InChI=1S/C16H16FNO5S2/c17-13-3-1-12(2-4-13)11-23-16(19)15-14(5-10-24-15)25(20,21)18-6-8-22-9-7-18/h1-5,10H,6-9,11H2. The van der Waals surface area contributed by atoms with Crippen LogP contribution in [0.15, 0.2) is 40.6 Å². The summed E-state index contributed by atoms with van der Waals surface area (Å²) in [6.45, 7) is 1.10. The maximum atomic E-state index is 12.9. The number of sulfonamides is 1. The average molecular weight is 385 g/mol. The lowest BCUT2D eigenvalue weighted by Gasteiger charge is -2.25. The van der Waals surface area contributed by atoms with Crippen molar-refractivity contribution in [3.63, 3.8) is 0 Å².